The van der Waals surface area contributed by atoms with Gasteiger partial charge in [-0.3, -0.25) is 4.98 Å². The molecule has 3 nitrogen and oxygen atoms in total. The summed E-state index contributed by atoms with van der Waals surface area (Å²) in [6.07, 6.45) is 3.60. The predicted molar refractivity (Wildman–Crippen MR) is 47.2 cm³/mol. The largest absolute Gasteiger partial charge is 0.337 e. The fourth-order valence-electron chi connectivity index (χ4n) is 1.51. The number of pyridine rings is 1. The third-order valence-corrected chi connectivity index (χ3v) is 2.18. The highest BCUT2D eigenvalue weighted by Gasteiger charge is 2.13. The summed E-state index contributed by atoms with van der Waals surface area (Å²) in [5.74, 6) is 0.806. The van der Waals surface area contributed by atoms with Gasteiger partial charge in [-0.15, -0.1) is 0 Å². The van der Waals surface area contributed by atoms with Crippen molar-refractivity contribution < 1.29 is 9.78 Å². The van der Waals surface area contributed by atoms with Gasteiger partial charge in [0.1, 0.15) is 6.61 Å². The van der Waals surface area contributed by atoms with Gasteiger partial charge in [-0.25, -0.2) is 0 Å². The van der Waals surface area contributed by atoms with E-state index < -0.39 is 0 Å². The maximum absolute atomic E-state index is 4.98. The number of rotatable bonds is 0. The lowest BCUT2D eigenvalue weighted by Gasteiger charge is -1.98. The SMILES string of the molecule is c1cc2cc3c(cc2cn1)OOC3. The van der Waals surface area contributed by atoms with E-state index in [1.165, 1.54) is 5.39 Å². The molecule has 0 N–H and O–H groups in total. The Bertz CT molecular complexity index is 425. The Morgan fingerprint density at radius 1 is 1.23 bits per heavy atom. The van der Waals surface area contributed by atoms with Gasteiger partial charge in [0.2, 0.25) is 0 Å². The first-order chi connectivity index (χ1) is 6.43. The Balaban J connectivity index is 2.36. The number of hydrogen-bond donors (Lipinski definition) is 0. The molecule has 0 saturated heterocycles. The predicted octanol–water partition coefficient (Wildman–Crippen LogP) is 2.06. The van der Waals surface area contributed by atoms with Gasteiger partial charge in [-0.2, -0.15) is 4.89 Å². The Hall–Kier alpha value is -1.61. The van der Waals surface area contributed by atoms with Gasteiger partial charge in [0.15, 0.2) is 5.75 Å². The highest BCUT2D eigenvalue weighted by atomic mass is 17.2. The van der Waals surface area contributed by atoms with Crippen LogP contribution in [0.5, 0.6) is 5.75 Å². The molecule has 64 valence electrons. The zero-order chi connectivity index (χ0) is 8.67. The second-order valence-corrected chi connectivity index (χ2v) is 3.03. The summed E-state index contributed by atoms with van der Waals surface area (Å²) >= 11 is 0. The van der Waals surface area contributed by atoms with Crippen molar-refractivity contribution in [3.63, 3.8) is 0 Å². The number of nitrogens with zero attached hydrogens (tertiary/aromatic N) is 1. The van der Waals surface area contributed by atoms with Gasteiger partial charge in [-0.05, 0) is 23.6 Å². The van der Waals surface area contributed by atoms with Crippen LogP contribution < -0.4 is 4.89 Å². The molecule has 0 unspecified atom stereocenters. The molecule has 0 amide bonds. The van der Waals surface area contributed by atoms with E-state index in [1.54, 1.807) is 6.20 Å². The van der Waals surface area contributed by atoms with Crippen molar-refractivity contribution in [3.8, 4) is 5.75 Å². The lowest BCUT2D eigenvalue weighted by molar-refractivity contribution is -0.194. The number of aromatic nitrogens is 1. The molecule has 2 heterocycles. The summed E-state index contributed by atoms with van der Waals surface area (Å²) in [5.41, 5.74) is 1.10. The first-order valence-corrected chi connectivity index (χ1v) is 4.09. The lowest BCUT2D eigenvalue weighted by atomic mass is 10.1. The average molecular weight is 173 g/mol. The minimum atomic E-state index is 0.535. The number of fused-ring (bicyclic) bond motifs is 2. The van der Waals surface area contributed by atoms with E-state index in [0.29, 0.717) is 6.61 Å². The summed E-state index contributed by atoms with van der Waals surface area (Å²) in [6.45, 7) is 0.535. The number of hydrogen-bond acceptors (Lipinski definition) is 3. The first kappa shape index (κ1) is 6.86. The van der Waals surface area contributed by atoms with Crippen molar-refractivity contribution in [3.05, 3.63) is 36.2 Å². The molecule has 0 radical (unpaired) electrons. The maximum atomic E-state index is 4.98. The first-order valence-electron chi connectivity index (χ1n) is 4.09. The van der Waals surface area contributed by atoms with Crippen molar-refractivity contribution in [2.75, 3.05) is 0 Å². The Morgan fingerprint density at radius 3 is 3.23 bits per heavy atom. The maximum Gasteiger partial charge on any atom is 0.171 e. The van der Waals surface area contributed by atoms with Gasteiger partial charge in [0, 0.05) is 23.3 Å². The van der Waals surface area contributed by atoms with Gasteiger partial charge in [0.05, 0.1) is 0 Å². The molecule has 13 heavy (non-hydrogen) atoms. The summed E-state index contributed by atoms with van der Waals surface area (Å²) in [4.78, 5) is 13.9. The second kappa shape index (κ2) is 2.44. The van der Waals surface area contributed by atoms with E-state index in [1.807, 2.05) is 18.3 Å². The highest BCUT2D eigenvalue weighted by Crippen LogP contribution is 2.30. The molecule has 0 bridgehead atoms. The molecule has 3 rings (SSSR count). The summed E-state index contributed by atoms with van der Waals surface area (Å²) < 4.78 is 0. The average Bonchev–Trinajstić information content (AvgIpc) is 2.61. The van der Waals surface area contributed by atoms with E-state index >= 15 is 0 Å². The minimum Gasteiger partial charge on any atom is -0.337 e. The summed E-state index contributed by atoms with van der Waals surface area (Å²) in [5, 5.41) is 2.24. The minimum absolute atomic E-state index is 0.535. The molecule has 0 fully saturated rings. The molecule has 1 aliphatic heterocycles. The molecular formula is C10H7NO2. The van der Waals surface area contributed by atoms with Crippen LogP contribution in [0.1, 0.15) is 5.56 Å². The molecule has 1 aliphatic rings. The van der Waals surface area contributed by atoms with Crippen LogP contribution in [-0.4, -0.2) is 4.98 Å². The molecule has 1 aromatic carbocycles. The molecule has 0 saturated carbocycles. The van der Waals surface area contributed by atoms with Crippen molar-refractivity contribution >= 4 is 10.8 Å². The highest BCUT2D eigenvalue weighted by molar-refractivity contribution is 5.84. The standard InChI is InChI=1S/C10H7NO2/c1-2-11-5-8-4-10-9(3-7(1)8)6-12-13-10/h1-5H,6H2. The van der Waals surface area contributed by atoms with E-state index in [4.69, 9.17) is 9.78 Å². The van der Waals surface area contributed by atoms with E-state index in [-0.39, 0.29) is 0 Å². The van der Waals surface area contributed by atoms with Crippen LogP contribution in [0.15, 0.2) is 30.6 Å². The quantitative estimate of drug-likeness (QED) is 0.571. The molecule has 3 heteroatoms. The van der Waals surface area contributed by atoms with Crippen molar-refractivity contribution in [1.29, 1.82) is 0 Å². The van der Waals surface area contributed by atoms with Crippen LogP contribution in [0.4, 0.5) is 0 Å². The smallest absolute Gasteiger partial charge is 0.171 e. The summed E-state index contributed by atoms with van der Waals surface area (Å²) in [7, 11) is 0. The molecule has 0 aliphatic carbocycles. The Morgan fingerprint density at radius 2 is 2.23 bits per heavy atom. The van der Waals surface area contributed by atoms with Crippen LogP contribution in [0, 0.1) is 0 Å². The second-order valence-electron chi connectivity index (χ2n) is 3.03. The fourth-order valence-corrected chi connectivity index (χ4v) is 1.51. The van der Waals surface area contributed by atoms with Gasteiger partial charge < -0.3 is 4.89 Å². The van der Waals surface area contributed by atoms with E-state index in [2.05, 4.69) is 11.1 Å². The molecule has 2 aromatic rings. The summed E-state index contributed by atoms with van der Waals surface area (Å²) in [6, 6.07) is 6.00. The molecular weight excluding hydrogens is 166 g/mol. The zero-order valence-corrected chi connectivity index (χ0v) is 6.86. The molecule has 0 atom stereocenters. The van der Waals surface area contributed by atoms with Crippen molar-refractivity contribution in [1.82, 2.24) is 4.98 Å². The van der Waals surface area contributed by atoms with E-state index in [9.17, 15) is 0 Å². The van der Waals surface area contributed by atoms with E-state index in [0.717, 1.165) is 16.7 Å². The van der Waals surface area contributed by atoms with Crippen molar-refractivity contribution in [2.45, 2.75) is 6.61 Å². The topological polar surface area (TPSA) is 31.4 Å². The monoisotopic (exact) mass is 173 g/mol. The van der Waals surface area contributed by atoms with Crippen LogP contribution in [0.3, 0.4) is 0 Å². The lowest BCUT2D eigenvalue weighted by Crippen LogP contribution is -1.81. The van der Waals surface area contributed by atoms with Gasteiger partial charge in [0.25, 0.3) is 0 Å². The van der Waals surface area contributed by atoms with Crippen LogP contribution >= 0.6 is 0 Å². The Kier molecular flexibility index (Phi) is 1.29. The zero-order valence-electron chi connectivity index (χ0n) is 6.86. The third kappa shape index (κ3) is 0.975. The van der Waals surface area contributed by atoms with Gasteiger partial charge in [-0.1, -0.05) is 0 Å². The third-order valence-electron chi connectivity index (χ3n) is 2.18. The number of benzene rings is 1. The normalized spacial score (nSPS) is 14.2. The van der Waals surface area contributed by atoms with Crippen LogP contribution in [0.2, 0.25) is 0 Å². The van der Waals surface area contributed by atoms with Gasteiger partial charge >= 0.3 is 0 Å². The van der Waals surface area contributed by atoms with Crippen molar-refractivity contribution in [2.24, 2.45) is 0 Å². The molecule has 1 aromatic heterocycles. The molecule has 0 spiro atoms. The van der Waals surface area contributed by atoms with Crippen LogP contribution in [-0.2, 0) is 11.5 Å². The Labute approximate surface area is 74.8 Å². The van der Waals surface area contributed by atoms with Crippen LogP contribution in [0.25, 0.3) is 10.8 Å². The fraction of sp³-hybridized carbons (Fsp3) is 0.100.